The third-order valence-corrected chi connectivity index (χ3v) is 2.24. The second-order valence-electron chi connectivity index (χ2n) is 3.16. The van der Waals surface area contributed by atoms with E-state index in [9.17, 15) is 17.6 Å². The Bertz CT molecular complexity index is 550. The highest BCUT2D eigenvalue weighted by Gasteiger charge is 2.34. The Kier molecular flexibility index (Phi) is 2.50. The number of fused-ring (bicyclic) bond motifs is 1. The van der Waals surface area contributed by atoms with Crippen molar-refractivity contribution in [2.45, 2.75) is 6.18 Å². The first-order chi connectivity index (χ1) is 7.38. The molecular formula is C10H4ClF4N. The first-order valence-electron chi connectivity index (χ1n) is 4.21. The monoisotopic (exact) mass is 249 g/mol. The number of benzene rings is 1. The third-order valence-electron chi connectivity index (χ3n) is 2.03. The second kappa shape index (κ2) is 3.59. The van der Waals surface area contributed by atoms with Gasteiger partial charge in [-0.15, -0.1) is 0 Å². The number of rotatable bonds is 0. The van der Waals surface area contributed by atoms with Crippen molar-refractivity contribution in [2.75, 3.05) is 0 Å². The summed E-state index contributed by atoms with van der Waals surface area (Å²) in [4.78, 5) is 3.56. The minimum Gasteiger partial charge on any atom is -0.235 e. The van der Waals surface area contributed by atoms with Gasteiger partial charge in [-0.05, 0) is 24.3 Å². The fourth-order valence-corrected chi connectivity index (χ4v) is 1.54. The highest BCUT2D eigenvalue weighted by Crippen LogP contribution is 2.35. The Morgan fingerprint density at radius 3 is 2.44 bits per heavy atom. The lowest BCUT2D eigenvalue weighted by molar-refractivity contribution is -0.136. The van der Waals surface area contributed by atoms with Gasteiger partial charge < -0.3 is 0 Å². The molecule has 2 aromatic rings. The van der Waals surface area contributed by atoms with Crippen molar-refractivity contribution in [1.82, 2.24) is 4.98 Å². The van der Waals surface area contributed by atoms with Gasteiger partial charge in [-0.1, -0.05) is 11.6 Å². The molecule has 0 bridgehead atoms. The largest absolute Gasteiger partial charge is 0.418 e. The van der Waals surface area contributed by atoms with Gasteiger partial charge in [0.05, 0.1) is 11.1 Å². The van der Waals surface area contributed by atoms with Crippen molar-refractivity contribution >= 4 is 22.5 Å². The van der Waals surface area contributed by atoms with E-state index in [1.165, 1.54) is 12.1 Å². The van der Waals surface area contributed by atoms with E-state index in [0.29, 0.717) is 6.07 Å². The van der Waals surface area contributed by atoms with Crippen molar-refractivity contribution in [3.8, 4) is 0 Å². The Hall–Kier alpha value is -1.36. The molecule has 1 nitrogen and oxygen atoms in total. The molecular weight excluding hydrogens is 246 g/mol. The summed E-state index contributed by atoms with van der Waals surface area (Å²) in [6, 6.07) is 3.99. The van der Waals surface area contributed by atoms with Crippen molar-refractivity contribution in [2.24, 2.45) is 0 Å². The summed E-state index contributed by atoms with van der Waals surface area (Å²) in [5.74, 6) is -0.955. The van der Waals surface area contributed by atoms with E-state index < -0.39 is 17.6 Å². The smallest absolute Gasteiger partial charge is 0.235 e. The molecule has 2 rings (SSSR count). The van der Waals surface area contributed by atoms with Crippen LogP contribution in [0, 0.1) is 5.82 Å². The molecule has 0 aliphatic carbocycles. The van der Waals surface area contributed by atoms with Crippen LogP contribution in [0.15, 0.2) is 24.3 Å². The van der Waals surface area contributed by atoms with Crippen LogP contribution < -0.4 is 0 Å². The van der Waals surface area contributed by atoms with Gasteiger partial charge in [0.2, 0.25) is 0 Å². The molecule has 1 heterocycles. The first-order valence-corrected chi connectivity index (χ1v) is 4.59. The second-order valence-corrected chi connectivity index (χ2v) is 3.54. The number of hydrogen-bond acceptors (Lipinski definition) is 1. The Morgan fingerprint density at radius 1 is 1.12 bits per heavy atom. The zero-order valence-electron chi connectivity index (χ0n) is 7.65. The predicted molar refractivity (Wildman–Crippen MR) is 51.7 cm³/mol. The predicted octanol–water partition coefficient (Wildman–Crippen LogP) is 4.05. The summed E-state index contributed by atoms with van der Waals surface area (Å²) in [5, 5.41) is 0.00123. The number of hydrogen-bond donors (Lipinski definition) is 0. The minimum atomic E-state index is -4.65. The SMILES string of the molecule is Fc1cc(C(F)(F)F)c2nc(Cl)ccc2c1. The number of nitrogens with zero attached hydrogens (tertiary/aromatic N) is 1. The standard InChI is InChI=1S/C10H4ClF4N/c11-8-2-1-5-3-6(12)4-7(9(5)16-8)10(13,14)15/h1-4H. The molecule has 6 heteroatoms. The topological polar surface area (TPSA) is 12.9 Å². The van der Waals surface area contributed by atoms with Crippen LogP contribution >= 0.6 is 11.6 Å². The van der Waals surface area contributed by atoms with Crippen LogP contribution in [0.4, 0.5) is 17.6 Å². The molecule has 0 saturated carbocycles. The minimum absolute atomic E-state index is 0.0652. The number of alkyl halides is 3. The fourth-order valence-electron chi connectivity index (χ4n) is 1.39. The number of pyridine rings is 1. The van der Waals surface area contributed by atoms with Gasteiger partial charge >= 0.3 is 6.18 Å². The molecule has 0 unspecified atom stereocenters. The third kappa shape index (κ3) is 1.95. The van der Waals surface area contributed by atoms with E-state index in [0.717, 1.165) is 6.07 Å². The molecule has 1 aromatic carbocycles. The zero-order chi connectivity index (χ0) is 11.9. The number of halogens is 5. The lowest BCUT2D eigenvalue weighted by atomic mass is 10.1. The van der Waals surface area contributed by atoms with Crippen LogP contribution in [0.5, 0.6) is 0 Å². The van der Waals surface area contributed by atoms with Gasteiger partial charge in [-0.2, -0.15) is 13.2 Å². The quantitative estimate of drug-likeness (QED) is 0.507. The fraction of sp³-hybridized carbons (Fsp3) is 0.100. The van der Waals surface area contributed by atoms with Crippen molar-refractivity contribution in [3.05, 3.63) is 40.8 Å². The van der Waals surface area contributed by atoms with E-state index in [2.05, 4.69) is 4.98 Å². The maximum Gasteiger partial charge on any atom is 0.418 e. The lowest BCUT2D eigenvalue weighted by Gasteiger charge is -2.09. The van der Waals surface area contributed by atoms with Crippen LogP contribution in [-0.4, -0.2) is 4.98 Å². The molecule has 0 saturated heterocycles. The van der Waals surface area contributed by atoms with Gasteiger partial charge in [-0.3, -0.25) is 0 Å². The van der Waals surface area contributed by atoms with Gasteiger partial charge in [0.1, 0.15) is 11.0 Å². The van der Waals surface area contributed by atoms with Crippen molar-refractivity contribution in [1.29, 1.82) is 0 Å². The van der Waals surface area contributed by atoms with Gasteiger partial charge in [-0.25, -0.2) is 9.37 Å². The molecule has 0 amide bonds. The lowest BCUT2D eigenvalue weighted by Crippen LogP contribution is -2.07. The van der Waals surface area contributed by atoms with Gasteiger partial charge in [0.15, 0.2) is 0 Å². The summed E-state index contributed by atoms with van der Waals surface area (Å²) < 4.78 is 50.7. The summed E-state index contributed by atoms with van der Waals surface area (Å²) in [6.07, 6.45) is -4.65. The van der Waals surface area contributed by atoms with Gasteiger partial charge in [0, 0.05) is 5.39 Å². The van der Waals surface area contributed by atoms with Crippen LogP contribution in [-0.2, 0) is 6.18 Å². The van der Waals surface area contributed by atoms with Crippen LogP contribution in [0.3, 0.4) is 0 Å². The summed E-state index contributed by atoms with van der Waals surface area (Å²) in [6.45, 7) is 0. The van der Waals surface area contributed by atoms with Gasteiger partial charge in [0.25, 0.3) is 0 Å². The van der Waals surface area contributed by atoms with Crippen LogP contribution in [0.1, 0.15) is 5.56 Å². The molecule has 0 fully saturated rings. The molecule has 0 atom stereocenters. The maximum atomic E-state index is 13.0. The molecule has 1 aromatic heterocycles. The Balaban J connectivity index is 2.85. The summed E-state index contributed by atoms with van der Waals surface area (Å²) >= 11 is 5.51. The maximum absolute atomic E-state index is 13.0. The molecule has 16 heavy (non-hydrogen) atoms. The average molecular weight is 250 g/mol. The highest BCUT2D eigenvalue weighted by molar-refractivity contribution is 6.29. The van der Waals surface area contributed by atoms with Crippen LogP contribution in [0.25, 0.3) is 10.9 Å². The van der Waals surface area contributed by atoms with E-state index in [1.807, 2.05) is 0 Å². The Morgan fingerprint density at radius 2 is 1.81 bits per heavy atom. The molecule has 0 radical (unpaired) electrons. The van der Waals surface area contributed by atoms with E-state index in [-0.39, 0.29) is 16.1 Å². The normalized spacial score (nSPS) is 12.1. The molecule has 0 spiro atoms. The molecule has 0 N–H and O–H groups in total. The van der Waals surface area contributed by atoms with Crippen molar-refractivity contribution in [3.63, 3.8) is 0 Å². The summed E-state index contributed by atoms with van der Waals surface area (Å²) in [7, 11) is 0. The molecule has 0 aliphatic heterocycles. The highest BCUT2D eigenvalue weighted by atomic mass is 35.5. The zero-order valence-corrected chi connectivity index (χ0v) is 8.40. The van der Waals surface area contributed by atoms with E-state index >= 15 is 0 Å². The van der Waals surface area contributed by atoms with E-state index in [4.69, 9.17) is 11.6 Å². The average Bonchev–Trinajstić information content (AvgIpc) is 2.16. The number of aromatic nitrogens is 1. The summed E-state index contributed by atoms with van der Waals surface area (Å²) in [5.41, 5.74) is -1.47. The van der Waals surface area contributed by atoms with Crippen LogP contribution in [0.2, 0.25) is 5.15 Å². The van der Waals surface area contributed by atoms with E-state index in [1.54, 1.807) is 0 Å². The van der Waals surface area contributed by atoms with Crippen molar-refractivity contribution < 1.29 is 17.6 Å². The molecule has 84 valence electrons. The molecule has 0 aliphatic rings. The first kappa shape index (κ1) is 11.1. The Labute approximate surface area is 92.7 Å².